The molecule has 0 bridgehead atoms. The first-order valence-corrected chi connectivity index (χ1v) is 21.4. The number of hydrogen-bond donors (Lipinski definition) is 3. The molecule has 3 aromatic rings. The van der Waals surface area contributed by atoms with E-state index in [0.29, 0.717) is 6.54 Å². The number of aliphatic hydroxyl groups excluding tert-OH is 1. The molecule has 3 N–H and O–H groups in total. The number of hydrogen-bond acceptors (Lipinski definition) is 7. The van der Waals surface area contributed by atoms with Crippen molar-refractivity contribution in [2.75, 3.05) is 32.8 Å². The molecule has 1 saturated heterocycles. The minimum absolute atomic E-state index is 0.0137. The SMILES string of the molecule is CCCCCCCCN(CCCCCCCC)CC1OC(c2ccc(-c3cccc(CNC(=O)NCC(=O)OCC)c3)cc2)OC(c2ccc(CO)cc2)C1C. The van der Waals surface area contributed by atoms with Crippen molar-refractivity contribution in [3.8, 4) is 11.1 Å². The third kappa shape index (κ3) is 15.3. The summed E-state index contributed by atoms with van der Waals surface area (Å²) in [7, 11) is 0. The highest BCUT2D eigenvalue weighted by atomic mass is 16.7. The van der Waals surface area contributed by atoms with Gasteiger partial charge < -0.3 is 34.9 Å². The third-order valence-electron chi connectivity index (χ3n) is 10.8. The third-order valence-corrected chi connectivity index (χ3v) is 10.8. The van der Waals surface area contributed by atoms with Gasteiger partial charge in [0.05, 0.1) is 25.4 Å². The lowest BCUT2D eigenvalue weighted by atomic mass is 9.89. The van der Waals surface area contributed by atoms with Gasteiger partial charge in [-0.15, -0.1) is 0 Å². The van der Waals surface area contributed by atoms with Gasteiger partial charge in [0.2, 0.25) is 0 Å². The fourth-order valence-electron chi connectivity index (χ4n) is 7.41. The Balaban J connectivity index is 1.47. The van der Waals surface area contributed by atoms with E-state index >= 15 is 0 Å². The van der Waals surface area contributed by atoms with Crippen molar-refractivity contribution in [3.05, 3.63) is 95.1 Å². The number of aliphatic hydroxyl groups is 1. The highest BCUT2D eigenvalue weighted by Crippen LogP contribution is 2.42. The van der Waals surface area contributed by atoms with Crippen LogP contribution in [0.2, 0.25) is 0 Å². The monoisotopic (exact) mass is 772 g/mol. The number of nitrogens with zero attached hydrogens (tertiary/aromatic N) is 1. The van der Waals surface area contributed by atoms with Crippen LogP contribution in [0.3, 0.4) is 0 Å². The molecular formula is C47H69N3O6. The quantitative estimate of drug-likeness (QED) is 0.0581. The Morgan fingerprint density at radius 3 is 1.96 bits per heavy atom. The number of nitrogens with one attached hydrogen (secondary N) is 2. The smallest absolute Gasteiger partial charge is 0.325 e. The molecule has 1 fully saturated rings. The largest absolute Gasteiger partial charge is 0.465 e. The van der Waals surface area contributed by atoms with Crippen LogP contribution in [-0.2, 0) is 32.2 Å². The van der Waals surface area contributed by atoms with E-state index in [1.54, 1.807) is 6.92 Å². The molecule has 3 aromatic carbocycles. The highest BCUT2D eigenvalue weighted by molar-refractivity contribution is 5.80. The number of esters is 1. The van der Waals surface area contributed by atoms with Crippen molar-refractivity contribution in [3.63, 3.8) is 0 Å². The van der Waals surface area contributed by atoms with Crippen molar-refractivity contribution in [1.82, 2.24) is 15.5 Å². The van der Waals surface area contributed by atoms with Crippen molar-refractivity contribution >= 4 is 12.0 Å². The van der Waals surface area contributed by atoms with Crippen molar-refractivity contribution in [2.24, 2.45) is 5.92 Å². The maximum atomic E-state index is 12.2. The van der Waals surface area contributed by atoms with Gasteiger partial charge in [0, 0.05) is 24.6 Å². The number of amides is 2. The second-order valence-electron chi connectivity index (χ2n) is 15.3. The number of ether oxygens (including phenoxy) is 3. The molecule has 2 amide bonds. The standard InChI is InChI=1S/C47H69N3O6/c1-5-8-10-12-14-16-29-50(30-17-15-13-11-9-6-2)34-43-36(4)45(40-23-21-37(35-51)22-24-40)56-46(55-43)41-27-25-39(26-28-41)42-20-18-19-38(31-42)32-48-47(53)49-33-44(52)54-7-3/h18-28,31,36,43,45-46,51H,5-17,29-30,32-35H2,1-4H3,(H2,48,49,53). The van der Waals surface area contributed by atoms with Crippen LogP contribution < -0.4 is 10.6 Å². The van der Waals surface area contributed by atoms with Crippen LogP contribution in [0.5, 0.6) is 0 Å². The summed E-state index contributed by atoms with van der Waals surface area (Å²) in [5, 5.41) is 15.1. The lowest BCUT2D eigenvalue weighted by molar-refractivity contribution is -0.276. The number of unbranched alkanes of at least 4 members (excludes halogenated alkanes) is 10. The van der Waals surface area contributed by atoms with Crippen molar-refractivity contribution < 1.29 is 28.9 Å². The molecule has 4 atom stereocenters. The maximum absolute atomic E-state index is 12.2. The predicted octanol–water partition coefficient (Wildman–Crippen LogP) is 10.0. The van der Waals surface area contributed by atoms with E-state index in [0.717, 1.165) is 53.0 Å². The van der Waals surface area contributed by atoms with Gasteiger partial charge in [0.15, 0.2) is 6.29 Å². The van der Waals surface area contributed by atoms with Gasteiger partial charge >= 0.3 is 12.0 Å². The zero-order valence-electron chi connectivity index (χ0n) is 34.6. The highest BCUT2D eigenvalue weighted by Gasteiger charge is 2.39. The van der Waals surface area contributed by atoms with Crippen molar-refractivity contribution in [1.29, 1.82) is 0 Å². The average molecular weight is 772 g/mol. The summed E-state index contributed by atoms with van der Waals surface area (Å²) in [4.78, 5) is 26.5. The Morgan fingerprint density at radius 2 is 1.34 bits per heavy atom. The summed E-state index contributed by atoms with van der Waals surface area (Å²) in [6.45, 7) is 12.0. The van der Waals surface area contributed by atoms with Gasteiger partial charge in [-0.1, -0.05) is 152 Å². The Labute approximate surface area is 336 Å². The fourth-order valence-corrected chi connectivity index (χ4v) is 7.41. The molecule has 0 spiro atoms. The molecule has 4 unspecified atom stereocenters. The van der Waals surface area contributed by atoms with Crippen LogP contribution in [-0.4, -0.2) is 60.9 Å². The molecule has 1 aliphatic rings. The Morgan fingerprint density at radius 1 is 0.714 bits per heavy atom. The Kier molecular flexibility index (Phi) is 20.5. The molecule has 56 heavy (non-hydrogen) atoms. The van der Waals surface area contributed by atoms with Gasteiger partial charge in [0.25, 0.3) is 0 Å². The second kappa shape index (κ2) is 25.5. The predicted molar refractivity (Wildman–Crippen MR) is 225 cm³/mol. The van der Waals surface area contributed by atoms with E-state index < -0.39 is 18.3 Å². The molecule has 308 valence electrons. The molecule has 4 rings (SSSR count). The van der Waals surface area contributed by atoms with E-state index in [4.69, 9.17) is 14.2 Å². The van der Waals surface area contributed by atoms with Crippen LogP contribution in [0.25, 0.3) is 11.1 Å². The van der Waals surface area contributed by atoms with E-state index in [2.05, 4.69) is 84.8 Å². The number of benzene rings is 3. The first-order valence-electron chi connectivity index (χ1n) is 21.4. The number of carbonyl (C=O) groups excluding carboxylic acids is 2. The molecule has 0 saturated carbocycles. The molecule has 0 aliphatic carbocycles. The molecule has 9 heteroatoms. The summed E-state index contributed by atoms with van der Waals surface area (Å²) in [5.74, 6) is -0.339. The Hall–Kier alpha value is -3.76. The van der Waals surface area contributed by atoms with Gasteiger partial charge in [-0.3, -0.25) is 4.79 Å². The van der Waals surface area contributed by atoms with Gasteiger partial charge in [-0.2, -0.15) is 0 Å². The number of rotatable bonds is 25. The summed E-state index contributed by atoms with van der Waals surface area (Å²) < 4.78 is 18.6. The first kappa shape index (κ1) is 44.9. The van der Waals surface area contributed by atoms with Gasteiger partial charge in [-0.05, 0) is 66.7 Å². The minimum Gasteiger partial charge on any atom is -0.465 e. The first-order chi connectivity index (χ1) is 27.3. The number of carbonyl (C=O) groups is 2. The Bertz CT molecular complexity index is 1530. The lowest BCUT2D eigenvalue weighted by Gasteiger charge is -2.43. The average Bonchev–Trinajstić information content (AvgIpc) is 3.22. The van der Waals surface area contributed by atoms with Crippen LogP contribution in [0.15, 0.2) is 72.8 Å². The topological polar surface area (TPSA) is 109 Å². The fraction of sp³-hybridized carbons (Fsp3) is 0.574. The van der Waals surface area contributed by atoms with E-state index in [1.807, 2.05) is 24.3 Å². The van der Waals surface area contributed by atoms with Gasteiger partial charge in [-0.25, -0.2) is 4.79 Å². The zero-order valence-corrected chi connectivity index (χ0v) is 34.6. The van der Waals surface area contributed by atoms with Crippen LogP contribution in [0.1, 0.15) is 139 Å². The van der Waals surface area contributed by atoms with E-state index in [-0.39, 0.29) is 37.9 Å². The normalized spacial score (nSPS) is 18.2. The summed E-state index contributed by atoms with van der Waals surface area (Å²) in [6, 6.07) is 24.2. The summed E-state index contributed by atoms with van der Waals surface area (Å²) >= 11 is 0. The van der Waals surface area contributed by atoms with Crippen LogP contribution in [0.4, 0.5) is 4.79 Å². The minimum atomic E-state index is -0.527. The summed E-state index contributed by atoms with van der Waals surface area (Å²) in [6.07, 6.45) is 14.7. The molecule has 9 nitrogen and oxygen atoms in total. The number of urea groups is 1. The molecule has 0 aromatic heterocycles. The molecule has 0 radical (unpaired) electrons. The van der Waals surface area contributed by atoms with Crippen molar-refractivity contribution in [2.45, 2.75) is 136 Å². The second-order valence-corrected chi connectivity index (χ2v) is 15.3. The molecular weight excluding hydrogens is 703 g/mol. The lowest BCUT2D eigenvalue weighted by Crippen LogP contribution is -2.45. The van der Waals surface area contributed by atoms with E-state index in [1.165, 1.54) is 77.0 Å². The van der Waals surface area contributed by atoms with Crippen LogP contribution in [0, 0.1) is 5.92 Å². The molecule has 1 heterocycles. The molecule has 1 aliphatic heterocycles. The van der Waals surface area contributed by atoms with Crippen LogP contribution >= 0.6 is 0 Å². The summed E-state index contributed by atoms with van der Waals surface area (Å²) in [5.41, 5.74) is 5.97. The zero-order chi connectivity index (χ0) is 40.0. The van der Waals surface area contributed by atoms with Gasteiger partial charge in [0.1, 0.15) is 6.54 Å². The van der Waals surface area contributed by atoms with E-state index in [9.17, 15) is 14.7 Å². The maximum Gasteiger partial charge on any atom is 0.325 e.